The molecule has 3 aromatic heterocycles. The molecule has 0 aliphatic rings. The highest BCUT2D eigenvalue weighted by Gasteiger charge is 2.10. The summed E-state index contributed by atoms with van der Waals surface area (Å²) in [5, 5.41) is 17.8. The molecule has 3 heterocycles. The molecule has 0 unspecified atom stereocenters. The average Bonchev–Trinajstić information content (AvgIpc) is 3.05. The van der Waals surface area contributed by atoms with Crippen molar-refractivity contribution in [2.24, 2.45) is 10.9 Å². The van der Waals surface area contributed by atoms with Crippen LogP contribution in [0, 0.1) is 0 Å². The van der Waals surface area contributed by atoms with Gasteiger partial charge in [0.25, 0.3) is 0 Å². The minimum Gasteiger partial charge on any atom is -0.409 e. The summed E-state index contributed by atoms with van der Waals surface area (Å²) in [6.45, 7) is 0. The molecule has 0 aliphatic carbocycles. The third-order valence-electron chi connectivity index (χ3n) is 2.66. The topological polar surface area (TPSA) is 127 Å². The lowest BCUT2D eigenvalue weighted by Gasteiger charge is -2.06. The third kappa shape index (κ3) is 1.64. The predicted octanol–water partition coefficient (Wildman–Crippen LogP) is -0.697. The van der Waals surface area contributed by atoms with Crippen LogP contribution in [0.15, 0.2) is 40.7 Å². The first-order valence-corrected chi connectivity index (χ1v) is 5.29. The number of aromatic nitrogens is 5. The lowest BCUT2D eigenvalue weighted by molar-refractivity contribution is 0.318. The Morgan fingerprint density at radius 3 is 3.16 bits per heavy atom. The van der Waals surface area contributed by atoms with E-state index in [4.69, 9.17) is 10.9 Å². The van der Waals surface area contributed by atoms with Crippen molar-refractivity contribution in [1.29, 1.82) is 0 Å². The van der Waals surface area contributed by atoms with E-state index in [-0.39, 0.29) is 11.5 Å². The molecular formula is C10H9N7O2. The van der Waals surface area contributed by atoms with Crippen molar-refractivity contribution in [1.82, 2.24) is 24.1 Å². The molecule has 19 heavy (non-hydrogen) atoms. The number of amidine groups is 1. The zero-order valence-corrected chi connectivity index (χ0v) is 9.56. The van der Waals surface area contributed by atoms with Gasteiger partial charge in [0.05, 0.1) is 5.69 Å². The summed E-state index contributed by atoms with van der Waals surface area (Å²) in [4.78, 5) is 15.5. The van der Waals surface area contributed by atoms with Gasteiger partial charge in [0.1, 0.15) is 12.1 Å². The van der Waals surface area contributed by atoms with Crippen molar-refractivity contribution < 1.29 is 5.21 Å². The van der Waals surface area contributed by atoms with E-state index in [0.29, 0.717) is 17.2 Å². The summed E-state index contributed by atoms with van der Waals surface area (Å²) in [6.07, 6.45) is 3.06. The number of hydrogen-bond acceptors (Lipinski definition) is 5. The standard InChI is InChI=1S/C10H9N7O2/c11-9(15-19)6-2-1-3-16(6)7-4-8-13-14-10(18)17(8)5-12-7/h1-5,19H,(H2,11,15)(H,14,18). The fourth-order valence-electron chi connectivity index (χ4n) is 1.77. The Labute approximate surface area is 105 Å². The molecule has 0 aromatic carbocycles. The Bertz CT molecular complexity index is 826. The minimum atomic E-state index is -0.363. The molecular weight excluding hydrogens is 250 g/mol. The number of nitrogens with zero attached hydrogens (tertiary/aromatic N) is 5. The van der Waals surface area contributed by atoms with Crippen LogP contribution in [-0.4, -0.2) is 35.2 Å². The minimum absolute atomic E-state index is 0.0360. The molecule has 0 fully saturated rings. The average molecular weight is 259 g/mol. The summed E-state index contributed by atoms with van der Waals surface area (Å²) in [6, 6.07) is 5.01. The first kappa shape index (κ1) is 11.0. The zero-order valence-electron chi connectivity index (χ0n) is 9.56. The lowest BCUT2D eigenvalue weighted by Crippen LogP contribution is -2.18. The maximum Gasteiger partial charge on any atom is 0.348 e. The van der Waals surface area contributed by atoms with Gasteiger partial charge in [-0.1, -0.05) is 5.16 Å². The number of oxime groups is 1. The summed E-state index contributed by atoms with van der Waals surface area (Å²) in [7, 11) is 0. The second-order valence-electron chi connectivity index (χ2n) is 3.75. The van der Waals surface area contributed by atoms with Crippen LogP contribution in [-0.2, 0) is 0 Å². The quantitative estimate of drug-likeness (QED) is 0.243. The first-order chi connectivity index (χ1) is 9.20. The summed E-state index contributed by atoms with van der Waals surface area (Å²) in [5.74, 6) is 0.462. The van der Waals surface area contributed by atoms with Gasteiger partial charge in [0.15, 0.2) is 11.5 Å². The molecule has 0 saturated carbocycles. The highest BCUT2D eigenvalue weighted by Crippen LogP contribution is 2.11. The number of fused-ring (bicyclic) bond motifs is 1. The van der Waals surface area contributed by atoms with Gasteiger partial charge in [-0.2, -0.15) is 5.10 Å². The Morgan fingerprint density at radius 2 is 2.37 bits per heavy atom. The molecule has 0 aliphatic heterocycles. The van der Waals surface area contributed by atoms with Crippen LogP contribution in [0.4, 0.5) is 0 Å². The normalized spacial score (nSPS) is 12.1. The largest absolute Gasteiger partial charge is 0.409 e. The van der Waals surface area contributed by atoms with Crippen molar-refractivity contribution in [3.05, 3.63) is 46.9 Å². The molecule has 0 atom stereocenters. The smallest absolute Gasteiger partial charge is 0.348 e. The molecule has 9 heteroatoms. The van der Waals surface area contributed by atoms with Gasteiger partial charge < -0.3 is 10.9 Å². The highest BCUT2D eigenvalue weighted by molar-refractivity contribution is 5.96. The number of hydrogen-bond donors (Lipinski definition) is 3. The van der Waals surface area contributed by atoms with Crippen LogP contribution in [0.1, 0.15) is 5.69 Å². The third-order valence-corrected chi connectivity index (χ3v) is 2.66. The number of nitrogens with one attached hydrogen (secondary N) is 1. The fraction of sp³-hybridized carbons (Fsp3) is 0. The number of rotatable bonds is 2. The van der Waals surface area contributed by atoms with Crippen molar-refractivity contribution in [3.8, 4) is 5.82 Å². The molecule has 0 saturated heterocycles. The van der Waals surface area contributed by atoms with Gasteiger partial charge in [0, 0.05) is 12.3 Å². The maximum absolute atomic E-state index is 11.3. The van der Waals surface area contributed by atoms with Crippen molar-refractivity contribution in [2.75, 3.05) is 0 Å². The van der Waals surface area contributed by atoms with Crippen molar-refractivity contribution >= 4 is 11.5 Å². The molecule has 4 N–H and O–H groups in total. The van der Waals surface area contributed by atoms with Gasteiger partial charge in [-0.05, 0) is 12.1 Å². The second kappa shape index (κ2) is 3.98. The Balaban J connectivity index is 2.19. The molecule has 0 amide bonds. The fourth-order valence-corrected chi connectivity index (χ4v) is 1.77. The molecule has 96 valence electrons. The Kier molecular flexibility index (Phi) is 2.31. The molecule has 3 rings (SSSR count). The monoisotopic (exact) mass is 259 g/mol. The Morgan fingerprint density at radius 1 is 1.53 bits per heavy atom. The van der Waals surface area contributed by atoms with Crippen LogP contribution in [0.5, 0.6) is 0 Å². The Hall–Kier alpha value is -3.10. The molecule has 0 radical (unpaired) electrons. The lowest BCUT2D eigenvalue weighted by atomic mass is 10.4. The van der Waals surface area contributed by atoms with Crippen molar-refractivity contribution in [3.63, 3.8) is 0 Å². The van der Waals surface area contributed by atoms with Crippen LogP contribution in [0.2, 0.25) is 0 Å². The van der Waals surface area contributed by atoms with E-state index in [1.807, 2.05) is 0 Å². The number of aromatic amines is 1. The van der Waals surface area contributed by atoms with Crippen LogP contribution in [0.3, 0.4) is 0 Å². The zero-order chi connectivity index (χ0) is 13.4. The van der Waals surface area contributed by atoms with E-state index in [1.165, 1.54) is 10.7 Å². The summed E-state index contributed by atoms with van der Waals surface area (Å²) >= 11 is 0. The number of H-pyrrole nitrogens is 1. The van der Waals surface area contributed by atoms with Gasteiger partial charge in [-0.3, -0.25) is 4.57 Å². The van der Waals surface area contributed by atoms with Gasteiger partial charge in [-0.15, -0.1) is 0 Å². The molecule has 0 bridgehead atoms. The summed E-state index contributed by atoms with van der Waals surface area (Å²) in [5.41, 5.74) is 6.11. The molecule has 3 aromatic rings. The van der Waals surface area contributed by atoms with E-state index in [2.05, 4.69) is 20.3 Å². The van der Waals surface area contributed by atoms with E-state index >= 15 is 0 Å². The van der Waals surface area contributed by atoms with Crippen LogP contribution < -0.4 is 11.4 Å². The van der Waals surface area contributed by atoms with E-state index < -0.39 is 0 Å². The van der Waals surface area contributed by atoms with Gasteiger partial charge >= 0.3 is 5.69 Å². The summed E-state index contributed by atoms with van der Waals surface area (Å²) < 4.78 is 2.89. The molecule has 0 spiro atoms. The van der Waals surface area contributed by atoms with Gasteiger partial charge in [0.2, 0.25) is 0 Å². The van der Waals surface area contributed by atoms with Gasteiger partial charge in [-0.25, -0.2) is 19.3 Å². The van der Waals surface area contributed by atoms with E-state index in [0.717, 1.165) is 0 Å². The predicted molar refractivity (Wildman–Crippen MR) is 65.4 cm³/mol. The maximum atomic E-state index is 11.3. The first-order valence-electron chi connectivity index (χ1n) is 5.29. The van der Waals surface area contributed by atoms with E-state index in [1.54, 1.807) is 29.0 Å². The van der Waals surface area contributed by atoms with Crippen LogP contribution in [0.25, 0.3) is 11.5 Å². The molecule has 9 nitrogen and oxygen atoms in total. The number of nitrogens with two attached hydrogens (primary N) is 1. The second-order valence-corrected chi connectivity index (χ2v) is 3.75. The SMILES string of the molecule is N/C(=N/O)c1cccn1-c1cc2n[nH]c(=O)n2cn1. The van der Waals surface area contributed by atoms with E-state index in [9.17, 15) is 4.79 Å². The van der Waals surface area contributed by atoms with Crippen molar-refractivity contribution in [2.45, 2.75) is 0 Å². The highest BCUT2D eigenvalue weighted by atomic mass is 16.4. The van der Waals surface area contributed by atoms with Crippen LogP contribution >= 0.6 is 0 Å².